The van der Waals surface area contributed by atoms with Gasteiger partial charge in [0.15, 0.2) is 10.9 Å². The number of hydrogen-bond acceptors (Lipinski definition) is 6. The zero-order chi connectivity index (χ0) is 23.0. The van der Waals surface area contributed by atoms with Crippen LogP contribution in [0.5, 0.6) is 5.75 Å². The van der Waals surface area contributed by atoms with Crippen molar-refractivity contribution < 1.29 is 14.3 Å². The highest BCUT2D eigenvalue weighted by Gasteiger charge is 2.36. The minimum absolute atomic E-state index is 0.0151. The van der Waals surface area contributed by atoms with E-state index in [9.17, 15) is 4.79 Å². The molecule has 1 aliphatic heterocycles. The second-order valence-electron chi connectivity index (χ2n) is 9.74. The maximum absolute atomic E-state index is 12.7. The van der Waals surface area contributed by atoms with E-state index in [1.807, 2.05) is 18.2 Å². The van der Waals surface area contributed by atoms with Crippen molar-refractivity contribution in [1.82, 2.24) is 4.98 Å². The molecule has 1 aromatic heterocycles. The molecule has 3 aromatic rings. The Hall–Kier alpha value is -2.70. The second-order valence-corrected chi connectivity index (χ2v) is 10.7. The zero-order valence-corrected chi connectivity index (χ0v) is 20.3. The molecule has 0 bridgehead atoms. The summed E-state index contributed by atoms with van der Waals surface area (Å²) in [6, 6.07) is 16.9. The molecule has 1 fully saturated rings. The minimum Gasteiger partial charge on any atom is -0.496 e. The van der Waals surface area contributed by atoms with Crippen molar-refractivity contribution in [2.24, 2.45) is 5.41 Å². The number of para-hydroxylation sites is 1. The van der Waals surface area contributed by atoms with Crippen molar-refractivity contribution in [3.63, 3.8) is 0 Å². The third kappa shape index (κ3) is 4.55. The van der Waals surface area contributed by atoms with E-state index < -0.39 is 0 Å². The van der Waals surface area contributed by atoms with Crippen LogP contribution in [0.3, 0.4) is 0 Å². The molecule has 2 aliphatic rings. The number of methoxy groups -OCH3 is 1. The van der Waals surface area contributed by atoms with E-state index >= 15 is 0 Å². The highest BCUT2D eigenvalue weighted by atomic mass is 32.1. The van der Waals surface area contributed by atoms with Gasteiger partial charge < -0.3 is 14.4 Å². The Morgan fingerprint density at radius 2 is 2.03 bits per heavy atom. The van der Waals surface area contributed by atoms with Crippen LogP contribution in [0.4, 0.5) is 5.13 Å². The lowest BCUT2D eigenvalue weighted by Gasteiger charge is -2.35. The van der Waals surface area contributed by atoms with Crippen LogP contribution >= 0.6 is 11.3 Å². The number of rotatable bonds is 5. The lowest BCUT2D eigenvalue weighted by atomic mass is 9.78. The molecular weight excluding hydrogens is 432 g/mol. The first-order chi connectivity index (χ1) is 15.9. The molecule has 0 unspecified atom stereocenters. The number of hydrogen-bond donors (Lipinski definition) is 0. The number of Topliss-reactive ketones (excluding diaryl/α,β-unsaturated/α-hetero) is 1. The van der Waals surface area contributed by atoms with Crippen LogP contribution in [0.2, 0.25) is 0 Å². The van der Waals surface area contributed by atoms with Gasteiger partial charge in [0.2, 0.25) is 0 Å². The maximum Gasteiger partial charge on any atom is 0.186 e. The van der Waals surface area contributed by atoms with Crippen molar-refractivity contribution in [2.45, 2.75) is 39.2 Å². The number of morpholine rings is 1. The first-order valence-corrected chi connectivity index (χ1v) is 12.3. The van der Waals surface area contributed by atoms with Gasteiger partial charge in [-0.25, -0.2) is 4.98 Å². The van der Waals surface area contributed by atoms with Crippen LogP contribution in [-0.4, -0.2) is 43.7 Å². The number of fused-ring (bicyclic) bond motifs is 1. The monoisotopic (exact) mass is 462 g/mol. The molecule has 1 saturated heterocycles. The largest absolute Gasteiger partial charge is 0.496 e. The van der Waals surface area contributed by atoms with Crippen LogP contribution < -0.4 is 9.64 Å². The molecule has 1 atom stereocenters. The summed E-state index contributed by atoms with van der Waals surface area (Å²) in [6.07, 6.45) is 2.32. The number of anilines is 1. The quantitative estimate of drug-likeness (QED) is 0.507. The Balaban J connectivity index is 1.40. The summed E-state index contributed by atoms with van der Waals surface area (Å²) in [7, 11) is 1.71. The predicted molar refractivity (Wildman–Crippen MR) is 133 cm³/mol. The van der Waals surface area contributed by atoms with Crippen LogP contribution in [0, 0.1) is 5.41 Å². The average Bonchev–Trinajstić information content (AvgIpc) is 3.22. The summed E-state index contributed by atoms with van der Waals surface area (Å²) in [6.45, 7) is 6.43. The van der Waals surface area contributed by atoms with E-state index in [0.717, 1.165) is 52.0 Å². The Morgan fingerprint density at radius 1 is 1.18 bits per heavy atom. The lowest BCUT2D eigenvalue weighted by Crippen LogP contribution is -2.46. The van der Waals surface area contributed by atoms with Gasteiger partial charge in [0.05, 0.1) is 36.9 Å². The normalized spacial score (nSPS) is 19.9. The molecule has 5 nitrogen and oxygen atoms in total. The molecular formula is C27H30N2O3S. The standard InChI is InChI=1S/C27H30N2O3S/c1-27(2)15-22-25(23(30)16-27)33-26(28-22)29-11-12-32-17-20(29)14-18-7-6-8-19(13-18)21-9-4-5-10-24(21)31-3/h4-10,13,20H,11-12,14-17H2,1-3H3/t20-/m0/s1. The van der Waals surface area contributed by atoms with Gasteiger partial charge in [0.1, 0.15) is 5.75 Å². The van der Waals surface area contributed by atoms with Crippen molar-refractivity contribution in [1.29, 1.82) is 0 Å². The topological polar surface area (TPSA) is 51.7 Å². The Bertz CT molecular complexity index is 1170. The lowest BCUT2D eigenvalue weighted by molar-refractivity contribution is 0.0915. The molecule has 0 radical (unpaired) electrons. The SMILES string of the molecule is COc1ccccc1-c1cccc(C[C@H]2COCCN2c2nc3c(s2)C(=O)CC(C)(C)C3)c1. The number of carbonyl (C=O) groups is 1. The molecule has 0 N–H and O–H groups in total. The molecule has 0 saturated carbocycles. The summed E-state index contributed by atoms with van der Waals surface area (Å²) >= 11 is 1.56. The fourth-order valence-electron chi connectivity index (χ4n) is 4.93. The summed E-state index contributed by atoms with van der Waals surface area (Å²) in [5.74, 6) is 1.11. The smallest absolute Gasteiger partial charge is 0.186 e. The number of carbonyl (C=O) groups excluding carboxylic acids is 1. The molecule has 0 spiro atoms. The Kier molecular flexibility index (Phi) is 5.97. The molecule has 33 heavy (non-hydrogen) atoms. The van der Waals surface area contributed by atoms with E-state index in [4.69, 9.17) is 14.5 Å². The summed E-state index contributed by atoms with van der Waals surface area (Å²) in [5, 5.41) is 0.959. The summed E-state index contributed by atoms with van der Waals surface area (Å²) in [5.41, 5.74) is 4.44. The molecule has 1 aliphatic carbocycles. The Morgan fingerprint density at radius 3 is 2.88 bits per heavy atom. The number of thiazole rings is 1. The molecule has 5 rings (SSSR count). The molecule has 2 heterocycles. The molecule has 2 aromatic carbocycles. The first kappa shape index (κ1) is 22.1. The summed E-state index contributed by atoms with van der Waals surface area (Å²) < 4.78 is 11.4. The van der Waals surface area contributed by atoms with Crippen molar-refractivity contribution in [3.05, 3.63) is 64.7 Å². The average molecular weight is 463 g/mol. The van der Waals surface area contributed by atoms with Crippen molar-refractivity contribution >= 4 is 22.3 Å². The molecule has 172 valence electrons. The number of benzene rings is 2. The van der Waals surface area contributed by atoms with E-state index in [0.29, 0.717) is 19.6 Å². The van der Waals surface area contributed by atoms with Gasteiger partial charge in [0, 0.05) is 18.5 Å². The van der Waals surface area contributed by atoms with Gasteiger partial charge in [-0.2, -0.15) is 0 Å². The minimum atomic E-state index is -0.0151. The van der Waals surface area contributed by atoms with Crippen LogP contribution in [0.15, 0.2) is 48.5 Å². The van der Waals surface area contributed by atoms with Crippen LogP contribution in [-0.2, 0) is 17.6 Å². The number of nitrogens with zero attached hydrogens (tertiary/aromatic N) is 2. The predicted octanol–water partition coefficient (Wildman–Crippen LogP) is 5.42. The Labute approximate surface area is 199 Å². The highest BCUT2D eigenvalue weighted by Crippen LogP contribution is 2.40. The van der Waals surface area contributed by atoms with Gasteiger partial charge in [-0.05, 0) is 35.4 Å². The van der Waals surface area contributed by atoms with Gasteiger partial charge in [-0.1, -0.05) is 67.6 Å². The van der Waals surface area contributed by atoms with Gasteiger partial charge in [-0.3, -0.25) is 4.79 Å². The van der Waals surface area contributed by atoms with Gasteiger partial charge in [-0.15, -0.1) is 0 Å². The first-order valence-electron chi connectivity index (χ1n) is 11.5. The van der Waals surface area contributed by atoms with E-state index in [2.05, 4.69) is 49.1 Å². The number of ether oxygens (including phenoxy) is 2. The van der Waals surface area contributed by atoms with Crippen LogP contribution in [0.25, 0.3) is 11.1 Å². The second kappa shape index (κ2) is 8.92. The van der Waals surface area contributed by atoms with Gasteiger partial charge >= 0.3 is 0 Å². The van der Waals surface area contributed by atoms with E-state index in [1.54, 1.807) is 18.4 Å². The van der Waals surface area contributed by atoms with E-state index in [1.165, 1.54) is 5.56 Å². The van der Waals surface area contributed by atoms with Gasteiger partial charge in [0.25, 0.3) is 0 Å². The fourth-order valence-corrected chi connectivity index (χ4v) is 6.04. The number of ketones is 1. The van der Waals surface area contributed by atoms with Crippen molar-refractivity contribution in [3.8, 4) is 16.9 Å². The third-order valence-electron chi connectivity index (χ3n) is 6.51. The fraction of sp³-hybridized carbons (Fsp3) is 0.407. The summed E-state index contributed by atoms with van der Waals surface area (Å²) in [4.78, 5) is 20.9. The molecule has 6 heteroatoms. The highest BCUT2D eigenvalue weighted by molar-refractivity contribution is 7.17. The zero-order valence-electron chi connectivity index (χ0n) is 19.5. The maximum atomic E-state index is 12.7. The van der Waals surface area contributed by atoms with E-state index in [-0.39, 0.29) is 17.2 Å². The third-order valence-corrected chi connectivity index (χ3v) is 7.69. The van der Waals surface area contributed by atoms with Crippen molar-refractivity contribution in [2.75, 3.05) is 31.8 Å². The van der Waals surface area contributed by atoms with Crippen LogP contribution in [0.1, 0.15) is 41.2 Å². The molecule has 0 amide bonds. The number of aromatic nitrogens is 1.